The van der Waals surface area contributed by atoms with Gasteiger partial charge in [-0.15, -0.1) is 0 Å². The average Bonchev–Trinajstić information content (AvgIpc) is 3.91. The second-order valence-electron chi connectivity index (χ2n) is 18.0. The van der Waals surface area contributed by atoms with Crippen LogP contribution in [0.1, 0.15) is 105 Å². The number of piperidine rings is 2. The molecule has 7 heterocycles. The number of aromatic nitrogens is 6. The van der Waals surface area contributed by atoms with Crippen molar-refractivity contribution in [2.45, 2.75) is 84.1 Å². The second kappa shape index (κ2) is 16.3. The lowest BCUT2D eigenvalue weighted by Gasteiger charge is -2.38. The van der Waals surface area contributed by atoms with E-state index in [4.69, 9.17) is 14.5 Å². The van der Waals surface area contributed by atoms with E-state index in [1.807, 2.05) is 65.1 Å². The van der Waals surface area contributed by atoms with Crippen LogP contribution in [0.15, 0.2) is 65.6 Å². The summed E-state index contributed by atoms with van der Waals surface area (Å²) >= 11 is 0. The molecule has 1 atom stereocenters. The number of hydrogen-bond acceptors (Lipinski definition) is 11. The molecule has 4 aromatic heterocycles. The molecule has 2 aromatic carbocycles. The summed E-state index contributed by atoms with van der Waals surface area (Å²) in [5.74, 6) is 0.936. The van der Waals surface area contributed by atoms with Gasteiger partial charge in [-0.05, 0) is 118 Å². The maximum atomic E-state index is 13.0. The summed E-state index contributed by atoms with van der Waals surface area (Å²) < 4.78 is 5.26. The quantitative estimate of drug-likeness (QED) is 0.134. The molecule has 3 fully saturated rings. The molecule has 0 bridgehead atoms. The molecular formula is C46H53N11O4. The summed E-state index contributed by atoms with van der Waals surface area (Å²) in [5.41, 5.74) is 9.25. The lowest BCUT2D eigenvalue weighted by Crippen LogP contribution is -2.49. The highest BCUT2D eigenvalue weighted by Gasteiger charge is 2.29. The number of hydrogen-bond donors (Lipinski definition) is 3. The first-order valence-corrected chi connectivity index (χ1v) is 21.4. The number of aryl methyl sites for hydroxylation is 1. The summed E-state index contributed by atoms with van der Waals surface area (Å²) in [6.07, 6.45) is 8.48. The predicted octanol–water partition coefficient (Wildman–Crippen LogP) is 7.20. The molecule has 3 N–H and O–H groups in total. The summed E-state index contributed by atoms with van der Waals surface area (Å²) in [7, 11) is 0. The molecule has 0 saturated carbocycles. The van der Waals surface area contributed by atoms with Crippen molar-refractivity contribution in [3.05, 3.63) is 89.5 Å². The number of urea groups is 1. The third kappa shape index (κ3) is 8.30. The maximum Gasteiger partial charge on any atom is 0.328 e. The molecule has 15 nitrogen and oxygen atoms in total. The van der Waals surface area contributed by atoms with Gasteiger partial charge in [0.2, 0.25) is 5.91 Å². The number of aromatic amines is 1. The Hall–Kier alpha value is -6.22. The van der Waals surface area contributed by atoms with Crippen molar-refractivity contribution in [3.8, 4) is 11.3 Å². The Morgan fingerprint density at radius 1 is 0.934 bits per heavy atom. The van der Waals surface area contributed by atoms with Crippen LogP contribution in [0.25, 0.3) is 33.3 Å². The second-order valence-corrected chi connectivity index (χ2v) is 18.0. The number of H-pyrrole nitrogens is 1. The highest BCUT2D eigenvalue weighted by molar-refractivity contribution is 6.10. The predicted molar refractivity (Wildman–Crippen MR) is 234 cm³/mol. The van der Waals surface area contributed by atoms with Crippen molar-refractivity contribution in [2.75, 3.05) is 49.1 Å². The van der Waals surface area contributed by atoms with E-state index in [1.54, 1.807) is 11.2 Å². The lowest BCUT2D eigenvalue weighted by atomic mass is 9.89. The summed E-state index contributed by atoms with van der Waals surface area (Å²) in [6, 6.07) is 15.9. The fraction of sp³-hybridized carbons (Fsp3) is 0.435. The zero-order valence-electron chi connectivity index (χ0n) is 35.5. The molecule has 3 aliphatic heterocycles. The Labute approximate surface area is 354 Å². The summed E-state index contributed by atoms with van der Waals surface area (Å²) in [5, 5.41) is 10.3. The Morgan fingerprint density at radius 2 is 1.69 bits per heavy atom. The van der Waals surface area contributed by atoms with E-state index in [2.05, 4.69) is 64.8 Å². The molecule has 9 rings (SSSR count). The van der Waals surface area contributed by atoms with Crippen LogP contribution in [0.4, 0.5) is 16.2 Å². The van der Waals surface area contributed by atoms with Crippen LogP contribution in [0.3, 0.4) is 0 Å². The van der Waals surface area contributed by atoms with Crippen molar-refractivity contribution >= 4 is 51.3 Å². The van der Waals surface area contributed by atoms with Crippen molar-refractivity contribution in [2.24, 2.45) is 5.92 Å². The first-order chi connectivity index (χ1) is 29.4. The standard InChI is InChI=1S/C46H53N11O4/c1-27-22-31(6-11-35(27)28(2)50-42(59)43-53-44(54-61-43)46(3,4)5)39-38-40-36(51-41(38)49-26-48-39)23-32(24-47-40)30-14-17-55(18-15-30)25-29-12-19-56(20-13-29)33-7-9-34(10-8-33)57-21-16-37(58)52-45(57)60/h6-11,22-24,26,28-30H,12-21,25H2,1-5H3,(H,50,59)(H,48,49,51)(H,52,58,60)/t28-/m1/s1. The van der Waals surface area contributed by atoms with Gasteiger partial charge in [0.1, 0.15) is 12.0 Å². The number of benzene rings is 2. The number of rotatable bonds is 9. The van der Waals surface area contributed by atoms with E-state index < -0.39 is 5.91 Å². The average molecular weight is 824 g/mol. The molecule has 15 heteroatoms. The van der Waals surface area contributed by atoms with Gasteiger partial charge in [0.25, 0.3) is 0 Å². The van der Waals surface area contributed by atoms with Crippen LogP contribution >= 0.6 is 0 Å². The molecule has 61 heavy (non-hydrogen) atoms. The van der Waals surface area contributed by atoms with Gasteiger partial charge in [-0.1, -0.05) is 38.1 Å². The van der Waals surface area contributed by atoms with Crippen molar-refractivity contribution in [1.29, 1.82) is 0 Å². The number of fused-ring (bicyclic) bond motifs is 3. The molecule has 6 aromatic rings. The van der Waals surface area contributed by atoms with Gasteiger partial charge in [-0.2, -0.15) is 4.98 Å². The number of pyridine rings is 1. The van der Waals surface area contributed by atoms with E-state index in [0.717, 1.165) is 109 Å². The van der Waals surface area contributed by atoms with Crippen molar-refractivity contribution in [1.82, 2.24) is 45.6 Å². The molecule has 4 amide bonds. The minimum absolute atomic E-state index is 0.0479. The van der Waals surface area contributed by atoms with E-state index in [-0.39, 0.29) is 29.3 Å². The third-order valence-electron chi connectivity index (χ3n) is 12.7. The fourth-order valence-electron chi connectivity index (χ4n) is 9.16. The highest BCUT2D eigenvalue weighted by atomic mass is 16.5. The Morgan fingerprint density at radius 3 is 2.39 bits per heavy atom. The van der Waals surface area contributed by atoms with Gasteiger partial charge in [0.05, 0.1) is 28.2 Å². The molecule has 316 valence electrons. The zero-order chi connectivity index (χ0) is 42.4. The molecule has 0 unspecified atom stereocenters. The fourth-order valence-corrected chi connectivity index (χ4v) is 9.16. The number of nitrogens with one attached hydrogen (secondary N) is 3. The topological polar surface area (TPSA) is 178 Å². The van der Waals surface area contributed by atoms with Gasteiger partial charge in [-0.3, -0.25) is 24.8 Å². The van der Waals surface area contributed by atoms with Gasteiger partial charge < -0.3 is 24.6 Å². The molecule has 0 aliphatic carbocycles. The number of amides is 4. The maximum absolute atomic E-state index is 13.0. The van der Waals surface area contributed by atoms with Crippen LogP contribution in [0.2, 0.25) is 0 Å². The van der Waals surface area contributed by atoms with E-state index in [1.165, 1.54) is 11.3 Å². The monoisotopic (exact) mass is 823 g/mol. The zero-order valence-corrected chi connectivity index (χ0v) is 35.5. The van der Waals surface area contributed by atoms with E-state index >= 15 is 0 Å². The van der Waals surface area contributed by atoms with Crippen LogP contribution in [-0.2, 0) is 10.2 Å². The van der Waals surface area contributed by atoms with Crippen LogP contribution in [-0.4, -0.2) is 92.1 Å². The Balaban J connectivity index is 0.799. The summed E-state index contributed by atoms with van der Waals surface area (Å²) in [4.78, 5) is 65.7. The van der Waals surface area contributed by atoms with Gasteiger partial charge in [0, 0.05) is 61.1 Å². The van der Waals surface area contributed by atoms with Gasteiger partial charge >= 0.3 is 17.8 Å². The minimum atomic E-state index is -0.409. The molecule has 3 aliphatic rings. The largest absolute Gasteiger partial charge is 0.372 e. The van der Waals surface area contributed by atoms with E-state index in [0.29, 0.717) is 30.6 Å². The number of imide groups is 1. The first-order valence-electron chi connectivity index (χ1n) is 21.4. The van der Waals surface area contributed by atoms with Crippen LogP contribution < -0.4 is 20.4 Å². The minimum Gasteiger partial charge on any atom is -0.372 e. The Bertz CT molecular complexity index is 2600. The molecule has 0 radical (unpaired) electrons. The van der Waals surface area contributed by atoms with Crippen LogP contribution in [0, 0.1) is 12.8 Å². The third-order valence-corrected chi connectivity index (χ3v) is 12.7. The lowest BCUT2D eigenvalue weighted by molar-refractivity contribution is -0.120. The van der Waals surface area contributed by atoms with Crippen LogP contribution in [0.5, 0.6) is 0 Å². The van der Waals surface area contributed by atoms with E-state index in [9.17, 15) is 14.4 Å². The highest BCUT2D eigenvalue weighted by Crippen LogP contribution is 2.36. The molecular weight excluding hydrogens is 771 g/mol. The number of carbonyl (C=O) groups is 3. The molecule has 0 spiro atoms. The number of anilines is 2. The molecule has 3 saturated heterocycles. The first kappa shape index (κ1) is 40.2. The number of carbonyl (C=O) groups excluding carboxylic acids is 3. The Kier molecular flexibility index (Phi) is 10.8. The van der Waals surface area contributed by atoms with Gasteiger partial charge in [-0.25, -0.2) is 14.8 Å². The van der Waals surface area contributed by atoms with Gasteiger partial charge in [0.15, 0.2) is 5.82 Å². The van der Waals surface area contributed by atoms with Crippen molar-refractivity contribution in [3.63, 3.8) is 0 Å². The number of likely N-dealkylation sites (tertiary alicyclic amines) is 1. The smallest absolute Gasteiger partial charge is 0.328 e. The summed E-state index contributed by atoms with van der Waals surface area (Å²) in [6.45, 7) is 15.6. The van der Waals surface area contributed by atoms with Crippen molar-refractivity contribution < 1.29 is 18.9 Å². The number of nitrogens with zero attached hydrogens (tertiary/aromatic N) is 8. The SMILES string of the molecule is Cc1cc(-c2ncnc3[nH]c4cc(C5CCN(CC6CCN(c7ccc(N8CCC(=O)NC8=O)cc7)CC6)CC5)cnc4c23)ccc1[C@@H](C)NC(=O)c1nc(C(C)(C)C)no1. The normalized spacial score (nSPS) is 17.9.